The van der Waals surface area contributed by atoms with Gasteiger partial charge in [-0.05, 0) is 26.2 Å². The number of nitrogens with zero attached hydrogens (tertiary/aromatic N) is 1. The van der Waals surface area contributed by atoms with Gasteiger partial charge in [0.15, 0.2) is 0 Å². The molecule has 0 aromatic heterocycles. The highest BCUT2D eigenvalue weighted by molar-refractivity contribution is 5.74. The topological polar surface area (TPSA) is 52.6 Å². The molecule has 0 rings (SSSR count). The molecule has 0 saturated carbocycles. The number of urea groups is 1. The van der Waals surface area contributed by atoms with Crippen molar-refractivity contribution in [2.75, 3.05) is 26.2 Å². The lowest BCUT2D eigenvalue weighted by molar-refractivity contribution is 0.199. The van der Waals surface area contributed by atoms with Gasteiger partial charge in [-0.15, -0.1) is 0 Å². The molecule has 4 heteroatoms. The first-order valence-electron chi connectivity index (χ1n) is 5.29. The molecule has 0 spiro atoms. The van der Waals surface area contributed by atoms with E-state index in [0.717, 1.165) is 19.5 Å². The summed E-state index contributed by atoms with van der Waals surface area (Å²) in [5, 5.41) is 11.5. The molecule has 0 aromatic rings. The number of amides is 2. The number of hydrogen-bond acceptors (Lipinski definition) is 2. The third-order valence-corrected chi connectivity index (χ3v) is 2.27. The second-order valence-corrected chi connectivity index (χ2v) is 3.48. The van der Waals surface area contributed by atoms with Crippen molar-refractivity contribution in [2.45, 2.75) is 27.2 Å². The van der Waals surface area contributed by atoms with E-state index in [1.54, 1.807) is 4.90 Å². The van der Waals surface area contributed by atoms with Crippen molar-refractivity contribution in [1.29, 1.82) is 0 Å². The summed E-state index contributed by atoms with van der Waals surface area (Å²) in [6.07, 6.45) is 0.735. The normalized spacial score (nSPS) is 12.3. The molecule has 0 radical (unpaired) electrons. The molecule has 0 aromatic carbocycles. The molecule has 14 heavy (non-hydrogen) atoms. The van der Waals surface area contributed by atoms with Gasteiger partial charge >= 0.3 is 6.03 Å². The van der Waals surface area contributed by atoms with Crippen molar-refractivity contribution < 1.29 is 9.90 Å². The second-order valence-electron chi connectivity index (χ2n) is 3.48. The van der Waals surface area contributed by atoms with Crippen LogP contribution in [0.1, 0.15) is 27.2 Å². The van der Waals surface area contributed by atoms with E-state index in [-0.39, 0.29) is 12.6 Å². The molecule has 2 amide bonds. The number of carbonyl (C=O) groups excluding carboxylic acids is 1. The molecule has 0 aliphatic rings. The molecular formula is C10H22N2O2. The van der Waals surface area contributed by atoms with Gasteiger partial charge < -0.3 is 15.3 Å². The lowest BCUT2D eigenvalue weighted by Crippen LogP contribution is -2.41. The highest BCUT2D eigenvalue weighted by atomic mass is 16.3. The van der Waals surface area contributed by atoms with E-state index < -0.39 is 0 Å². The van der Waals surface area contributed by atoms with Gasteiger partial charge in [-0.3, -0.25) is 0 Å². The van der Waals surface area contributed by atoms with Crippen LogP contribution < -0.4 is 5.32 Å². The molecule has 1 atom stereocenters. The van der Waals surface area contributed by atoms with Gasteiger partial charge in [-0.1, -0.05) is 6.92 Å². The maximum Gasteiger partial charge on any atom is 0.317 e. The molecule has 2 N–H and O–H groups in total. The summed E-state index contributed by atoms with van der Waals surface area (Å²) in [6, 6.07) is -0.0141. The average molecular weight is 202 g/mol. The minimum atomic E-state index is -0.0141. The number of rotatable bonds is 6. The van der Waals surface area contributed by atoms with Crippen LogP contribution in [0.5, 0.6) is 0 Å². The van der Waals surface area contributed by atoms with E-state index >= 15 is 0 Å². The monoisotopic (exact) mass is 202 g/mol. The highest BCUT2D eigenvalue weighted by Crippen LogP contribution is 1.98. The van der Waals surface area contributed by atoms with Gasteiger partial charge in [0.25, 0.3) is 0 Å². The number of aliphatic hydroxyl groups excluding tert-OH is 1. The lowest BCUT2D eigenvalue weighted by Gasteiger charge is -2.20. The summed E-state index contributed by atoms with van der Waals surface area (Å²) in [5.41, 5.74) is 0. The molecular weight excluding hydrogens is 180 g/mol. The molecule has 0 fully saturated rings. The number of aliphatic hydroxyl groups is 1. The van der Waals surface area contributed by atoms with Gasteiger partial charge in [0.1, 0.15) is 0 Å². The molecule has 4 nitrogen and oxygen atoms in total. The fourth-order valence-corrected chi connectivity index (χ4v) is 1.21. The summed E-state index contributed by atoms with van der Waals surface area (Å²) < 4.78 is 0. The first-order valence-corrected chi connectivity index (χ1v) is 5.29. The Labute approximate surface area is 86.3 Å². The summed E-state index contributed by atoms with van der Waals surface area (Å²) >= 11 is 0. The molecule has 0 heterocycles. The Balaban J connectivity index is 3.71. The zero-order valence-corrected chi connectivity index (χ0v) is 9.42. The highest BCUT2D eigenvalue weighted by Gasteiger charge is 2.09. The van der Waals surface area contributed by atoms with Gasteiger partial charge in [-0.25, -0.2) is 4.79 Å². The van der Waals surface area contributed by atoms with E-state index in [4.69, 9.17) is 5.11 Å². The summed E-state index contributed by atoms with van der Waals surface area (Å²) in [5.74, 6) is 0.333. The number of nitrogens with one attached hydrogen (secondary N) is 1. The first-order chi connectivity index (χ1) is 6.65. The summed E-state index contributed by atoms with van der Waals surface area (Å²) in [4.78, 5) is 13.2. The Morgan fingerprint density at radius 3 is 2.43 bits per heavy atom. The minimum Gasteiger partial charge on any atom is -0.396 e. The van der Waals surface area contributed by atoms with E-state index in [1.807, 2.05) is 20.8 Å². The van der Waals surface area contributed by atoms with Gasteiger partial charge in [0.2, 0.25) is 0 Å². The summed E-state index contributed by atoms with van der Waals surface area (Å²) in [6.45, 7) is 8.21. The Kier molecular flexibility index (Phi) is 7.20. The first kappa shape index (κ1) is 13.2. The van der Waals surface area contributed by atoms with Crippen molar-refractivity contribution in [1.82, 2.24) is 10.2 Å². The zero-order chi connectivity index (χ0) is 11.0. The maximum atomic E-state index is 11.5. The number of hydrogen-bond donors (Lipinski definition) is 2. The van der Waals surface area contributed by atoms with E-state index in [9.17, 15) is 4.79 Å². The van der Waals surface area contributed by atoms with E-state index in [1.165, 1.54) is 0 Å². The van der Waals surface area contributed by atoms with Crippen molar-refractivity contribution >= 4 is 6.03 Å². The molecule has 1 unspecified atom stereocenters. The van der Waals surface area contributed by atoms with Crippen LogP contribution >= 0.6 is 0 Å². The van der Waals surface area contributed by atoms with Crippen molar-refractivity contribution in [3.05, 3.63) is 0 Å². The largest absolute Gasteiger partial charge is 0.396 e. The van der Waals surface area contributed by atoms with Crippen LogP contribution in [0.4, 0.5) is 4.79 Å². The predicted molar refractivity (Wildman–Crippen MR) is 57.2 cm³/mol. The maximum absolute atomic E-state index is 11.5. The Bertz CT molecular complexity index is 158. The van der Waals surface area contributed by atoms with Crippen LogP contribution in [-0.4, -0.2) is 42.3 Å². The number of carbonyl (C=O) groups is 1. The zero-order valence-electron chi connectivity index (χ0n) is 9.42. The average Bonchev–Trinajstić information content (AvgIpc) is 2.17. The molecule has 0 aliphatic carbocycles. The Hall–Kier alpha value is -0.770. The fraction of sp³-hybridized carbons (Fsp3) is 0.900. The molecule has 0 bridgehead atoms. The van der Waals surface area contributed by atoms with Gasteiger partial charge in [0.05, 0.1) is 0 Å². The lowest BCUT2D eigenvalue weighted by atomic mass is 10.1. The SMILES string of the molecule is CCN(CC)C(=O)NCC(C)CCO. The summed E-state index contributed by atoms with van der Waals surface area (Å²) in [7, 11) is 0. The van der Waals surface area contributed by atoms with Crippen LogP contribution in [-0.2, 0) is 0 Å². The van der Waals surface area contributed by atoms with Gasteiger partial charge in [-0.2, -0.15) is 0 Å². The van der Waals surface area contributed by atoms with Gasteiger partial charge in [0, 0.05) is 26.2 Å². The Morgan fingerprint density at radius 1 is 1.43 bits per heavy atom. The quantitative estimate of drug-likeness (QED) is 0.676. The van der Waals surface area contributed by atoms with E-state index in [0.29, 0.717) is 12.5 Å². The van der Waals surface area contributed by atoms with Crippen LogP contribution in [0.15, 0.2) is 0 Å². The minimum absolute atomic E-state index is 0.0141. The standard InChI is InChI=1S/C10H22N2O2/c1-4-12(5-2)10(14)11-8-9(3)6-7-13/h9,13H,4-8H2,1-3H3,(H,11,14). The third kappa shape index (κ3) is 5.07. The molecule has 84 valence electrons. The molecule has 0 aliphatic heterocycles. The van der Waals surface area contributed by atoms with Crippen LogP contribution in [0.25, 0.3) is 0 Å². The predicted octanol–water partition coefficient (Wildman–Crippen LogP) is 1.06. The van der Waals surface area contributed by atoms with Crippen LogP contribution in [0.2, 0.25) is 0 Å². The van der Waals surface area contributed by atoms with E-state index in [2.05, 4.69) is 5.32 Å². The van der Waals surface area contributed by atoms with Crippen LogP contribution in [0, 0.1) is 5.92 Å². The second kappa shape index (κ2) is 7.62. The van der Waals surface area contributed by atoms with Crippen LogP contribution in [0.3, 0.4) is 0 Å². The Morgan fingerprint density at radius 2 is 2.00 bits per heavy atom. The molecule has 0 saturated heterocycles. The third-order valence-electron chi connectivity index (χ3n) is 2.27. The van der Waals surface area contributed by atoms with Crippen molar-refractivity contribution in [3.8, 4) is 0 Å². The van der Waals surface area contributed by atoms with Crippen molar-refractivity contribution in [3.63, 3.8) is 0 Å². The smallest absolute Gasteiger partial charge is 0.317 e. The fourth-order valence-electron chi connectivity index (χ4n) is 1.21. The van der Waals surface area contributed by atoms with Crippen molar-refractivity contribution in [2.24, 2.45) is 5.92 Å².